The molecule has 0 spiro atoms. The minimum atomic E-state index is -0.271. The number of rotatable bonds is 5. The van der Waals surface area contributed by atoms with Gasteiger partial charge in [0, 0.05) is 17.1 Å². The Morgan fingerprint density at radius 1 is 0.783 bits per heavy atom. The van der Waals surface area contributed by atoms with Gasteiger partial charge in [-0.25, -0.2) is 4.79 Å². The largest absolute Gasteiger partial charge is 0.467 e. The molecule has 116 valence electrons. The second-order valence-corrected chi connectivity index (χ2v) is 4.96. The normalized spacial score (nSPS) is 10.1. The lowest BCUT2D eigenvalue weighted by atomic mass is 10.2. The van der Waals surface area contributed by atoms with Gasteiger partial charge in [-0.1, -0.05) is 18.2 Å². The molecule has 0 aliphatic carbocycles. The molecule has 1 aromatic heterocycles. The first-order valence-electron chi connectivity index (χ1n) is 7.29. The third-order valence-electron chi connectivity index (χ3n) is 3.22. The highest BCUT2D eigenvalue weighted by atomic mass is 16.3. The summed E-state index contributed by atoms with van der Waals surface area (Å²) in [6.45, 7) is 0.619. The summed E-state index contributed by atoms with van der Waals surface area (Å²) in [5.74, 6) is 0.870. The number of benzene rings is 2. The fourth-order valence-electron chi connectivity index (χ4n) is 2.09. The number of para-hydroxylation sites is 1. The van der Waals surface area contributed by atoms with Crippen molar-refractivity contribution in [2.45, 2.75) is 6.54 Å². The van der Waals surface area contributed by atoms with E-state index in [0.29, 0.717) is 6.54 Å². The minimum Gasteiger partial charge on any atom is -0.467 e. The first-order chi connectivity index (χ1) is 11.3. The average Bonchev–Trinajstić information content (AvgIpc) is 3.08. The van der Waals surface area contributed by atoms with Crippen molar-refractivity contribution in [3.05, 3.63) is 78.8 Å². The topological polar surface area (TPSA) is 66.3 Å². The van der Waals surface area contributed by atoms with Crippen molar-refractivity contribution in [2.24, 2.45) is 0 Å². The molecule has 0 atom stereocenters. The van der Waals surface area contributed by atoms with Gasteiger partial charge in [0.15, 0.2) is 0 Å². The van der Waals surface area contributed by atoms with Crippen molar-refractivity contribution >= 4 is 23.1 Å². The van der Waals surface area contributed by atoms with Crippen molar-refractivity contribution in [2.75, 3.05) is 16.0 Å². The Bertz CT molecular complexity index is 738. The van der Waals surface area contributed by atoms with Gasteiger partial charge in [0.1, 0.15) is 5.76 Å². The number of nitrogens with one attached hydrogen (secondary N) is 3. The second-order valence-electron chi connectivity index (χ2n) is 4.96. The highest BCUT2D eigenvalue weighted by Gasteiger charge is 2.02. The number of carbonyl (C=O) groups excluding carboxylic acids is 1. The molecule has 3 aromatic rings. The van der Waals surface area contributed by atoms with E-state index in [-0.39, 0.29) is 6.03 Å². The predicted octanol–water partition coefficient (Wildman–Crippen LogP) is 4.54. The Balaban J connectivity index is 1.51. The van der Waals surface area contributed by atoms with E-state index in [9.17, 15) is 4.79 Å². The number of anilines is 3. The van der Waals surface area contributed by atoms with Crippen molar-refractivity contribution in [3.63, 3.8) is 0 Å². The SMILES string of the molecule is O=C(Nc1ccccc1)Nc1ccc(NCc2ccco2)cc1. The van der Waals surface area contributed by atoms with Crippen LogP contribution in [0.2, 0.25) is 0 Å². The molecule has 2 amide bonds. The van der Waals surface area contributed by atoms with Gasteiger partial charge in [-0.05, 0) is 48.5 Å². The van der Waals surface area contributed by atoms with Crippen LogP contribution in [0.3, 0.4) is 0 Å². The molecule has 0 saturated carbocycles. The highest BCUT2D eigenvalue weighted by Crippen LogP contribution is 2.15. The van der Waals surface area contributed by atoms with Crippen LogP contribution in [-0.2, 0) is 6.54 Å². The summed E-state index contributed by atoms with van der Waals surface area (Å²) < 4.78 is 5.26. The Kier molecular flexibility index (Phi) is 4.59. The molecule has 0 fully saturated rings. The summed E-state index contributed by atoms with van der Waals surface area (Å²) in [6, 6.07) is 20.3. The molecule has 5 heteroatoms. The zero-order valence-electron chi connectivity index (χ0n) is 12.5. The maximum atomic E-state index is 11.9. The third-order valence-corrected chi connectivity index (χ3v) is 3.22. The van der Waals surface area contributed by atoms with Gasteiger partial charge in [0.2, 0.25) is 0 Å². The number of hydrogen-bond acceptors (Lipinski definition) is 3. The van der Waals surface area contributed by atoms with E-state index in [1.807, 2.05) is 66.7 Å². The van der Waals surface area contributed by atoms with E-state index in [1.54, 1.807) is 6.26 Å². The zero-order chi connectivity index (χ0) is 15.9. The summed E-state index contributed by atoms with van der Waals surface area (Å²) in [6.07, 6.45) is 1.65. The number of urea groups is 1. The molecule has 0 saturated heterocycles. The monoisotopic (exact) mass is 307 g/mol. The van der Waals surface area contributed by atoms with Crippen LogP contribution in [-0.4, -0.2) is 6.03 Å². The van der Waals surface area contributed by atoms with E-state index in [1.165, 1.54) is 0 Å². The Labute approximate surface area is 134 Å². The van der Waals surface area contributed by atoms with Crippen LogP contribution in [0.1, 0.15) is 5.76 Å². The molecule has 1 heterocycles. The fourth-order valence-corrected chi connectivity index (χ4v) is 2.09. The molecule has 0 aliphatic rings. The van der Waals surface area contributed by atoms with Crippen LogP contribution >= 0.6 is 0 Å². The summed E-state index contributed by atoms with van der Waals surface area (Å²) in [5.41, 5.74) is 2.43. The summed E-state index contributed by atoms with van der Waals surface area (Å²) in [7, 11) is 0. The molecule has 3 rings (SSSR count). The maximum Gasteiger partial charge on any atom is 0.323 e. The summed E-state index contributed by atoms with van der Waals surface area (Å²) >= 11 is 0. The average molecular weight is 307 g/mol. The third kappa shape index (κ3) is 4.38. The van der Waals surface area contributed by atoms with E-state index in [4.69, 9.17) is 4.42 Å². The van der Waals surface area contributed by atoms with Crippen LogP contribution in [0.5, 0.6) is 0 Å². The molecule has 0 bridgehead atoms. The van der Waals surface area contributed by atoms with Crippen molar-refractivity contribution in [1.29, 1.82) is 0 Å². The van der Waals surface area contributed by atoms with Crippen LogP contribution in [0.25, 0.3) is 0 Å². The van der Waals surface area contributed by atoms with Gasteiger partial charge in [-0.15, -0.1) is 0 Å². The number of amides is 2. The fraction of sp³-hybridized carbons (Fsp3) is 0.0556. The number of hydrogen-bond donors (Lipinski definition) is 3. The molecule has 2 aromatic carbocycles. The predicted molar refractivity (Wildman–Crippen MR) is 91.6 cm³/mol. The first kappa shape index (κ1) is 14.7. The van der Waals surface area contributed by atoms with Gasteiger partial charge in [-0.3, -0.25) is 0 Å². The second kappa shape index (κ2) is 7.17. The highest BCUT2D eigenvalue weighted by molar-refractivity contribution is 5.99. The standard InChI is InChI=1S/C18H17N3O2/c22-18(20-15-5-2-1-3-6-15)21-16-10-8-14(9-11-16)19-13-17-7-4-12-23-17/h1-12,19H,13H2,(H2,20,21,22). The molecule has 3 N–H and O–H groups in total. The van der Waals surface area contributed by atoms with Gasteiger partial charge in [-0.2, -0.15) is 0 Å². The molecular weight excluding hydrogens is 290 g/mol. The molecule has 0 radical (unpaired) electrons. The summed E-state index contributed by atoms with van der Waals surface area (Å²) in [5, 5.41) is 8.81. The molecule has 0 aliphatic heterocycles. The van der Waals surface area contributed by atoms with Crippen molar-refractivity contribution < 1.29 is 9.21 Å². The Morgan fingerprint density at radius 2 is 1.43 bits per heavy atom. The molecular formula is C18H17N3O2. The van der Waals surface area contributed by atoms with Crippen LogP contribution < -0.4 is 16.0 Å². The lowest BCUT2D eigenvalue weighted by Crippen LogP contribution is -2.19. The van der Waals surface area contributed by atoms with E-state index in [2.05, 4.69) is 16.0 Å². The van der Waals surface area contributed by atoms with Crippen LogP contribution in [0.4, 0.5) is 21.9 Å². The lowest BCUT2D eigenvalue weighted by molar-refractivity contribution is 0.262. The van der Waals surface area contributed by atoms with Gasteiger partial charge < -0.3 is 20.4 Å². The van der Waals surface area contributed by atoms with E-state index < -0.39 is 0 Å². The molecule has 5 nitrogen and oxygen atoms in total. The Morgan fingerprint density at radius 3 is 2.09 bits per heavy atom. The Hall–Kier alpha value is -3.21. The van der Waals surface area contributed by atoms with Gasteiger partial charge in [0.25, 0.3) is 0 Å². The number of carbonyl (C=O) groups is 1. The van der Waals surface area contributed by atoms with Gasteiger partial charge >= 0.3 is 6.03 Å². The van der Waals surface area contributed by atoms with Crippen molar-refractivity contribution in [1.82, 2.24) is 0 Å². The van der Waals surface area contributed by atoms with Crippen LogP contribution in [0, 0.1) is 0 Å². The first-order valence-corrected chi connectivity index (χ1v) is 7.29. The lowest BCUT2D eigenvalue weighted by Gasteiger charge is -2.09. The number of furan rings is 1. The quantitative estimate of drug-likeness (QED) is 0.648. The van der Waals surface area contributed by atoms with E-state index >= 15 is 0 Å². The van der Waals surface area contributed by atoms with Crippen LogP contribution in [0.15, 0.2) is 77.4 Å². The zero-order valence-corrected chi connectivity index (χ0v) is 12.5. The van der Waals surface area contributed by atoms with Gasteiger partial charge in [0.05, 0.1) is 12.8 Å². The smallest absolute Gasteiger partial charge is 0.323 e. The van der Waals surface area contributed by atoms with E-state index in [0.717, 1.165) is 22.8 Å². The maximum absolute atomic E-state index is 11.9. The van der Waals surface area contributed by atoms with Crippen molar-refractivity contribution in [3.8, 4) is 0 Å². The molecule has 23 heavy (non-hydrogen) atoms. The minimum absolute atomic E-state index is 0.271. The summed E-state index contributed by atoms with van der Waals surface area (Å²) in [4.78, 5) is 11.9. The molecule has 0 unspecified atom stereocenters.